The molecule has 0 spiro atoms. The third-order valence-electron chi connectivity index (χ3n) is 2.11. The third kappa shape index (κ3) is 9.84. The molecule has 0 amide bonds. The van der Waals surface area contributed by atoms with E-state index in [1.54, 1.807) is 0 Å². The van der Waals surface area contributed by atoms with Gasteiger partial charge in [0.2, 0.25) is 0 Å². The summed E-state index contributed by atoms with van der Waals surface area (Å²) >= 11 is 0. The van der Waals surface area contributed by atoms with Crippen LogP contribution in [0.3, 0.4) is 0 Å². The monoisotopic (exact) mass is 188 g/mol. The molecule has 0 bridgehead atoms. The Morgan fingerprint density at radius 2 is 1.69 bits per heavy atom. The van der Waals surface area contributed by atoms with Crippen LogP contribution in [-0.4, -0.2) is 18.0 Å². The van der Waals surface area contributed by atoms with Crippen LogP contribution in [0.2, 0.25) is 0 Å². The van der Waals surface area contributed by atoms with E-state index in [1.807, 2.05) is 0 Å². The summed E-state index contributed by atoms with van der Waals surface area (Å²) in [6.45, 7) is 5.01. The van der Waals surface area contributed by atoms with Crippen molar-refractivity contribution in [2.45, 2.75) is 65.1 Å². The molecule has 0 aromatic heterocycles. The van der Waals surface area contributed by atoms with Crippen molar-refractivity contribution >= 4 is 0 Å². The fourth-order valence-corrected chi connectivity index (χ4v) is 1.19. The van der Waals surface area contributed by atoms with E-state index in [1.165, 1.54) is 19.3 Å². The lowest BCUT2D eigenvalue weighted by molar-refractivity contribution is -0.104. The minimum atomic E-state index is -0.525. The number of aliphatic hydroxyl groups is 1. The molecule has 2 nitrogen and oxygen atoms in total. The molecule has 0 radical (unpaired) electrons. The Morgan fingerprint density at radius 3 is 2.31 bits per heavy atom. The second-order valence-corrected chi connectivity index (χ2v) is 3.53. The highest BCUT2D eigenvalue weighted by molar-refractivity contribution is 4.45. The molecule has 0 saturated heterocycles. The maximum absolute atomic E-state index is 9.35. The molecule has 0 fully saturated rings. The number of aliphatic hydroxyl groups excluding tert-OH is 1. The minimum absolute atomic E-state index is 0.525. The zero-order chi connectivity index (χ0) is 9.94. The van der Waals surface area contributed by atoms with Crippen LogP contribution >= 0.6 is 0 Å². The predicted molar refractivity (Wildman–Crippen MR) is 55.6 cm³/mol. The zero-order valence-electron chi connectivity index (χ0n) is 9.09. The predicted octanol–water partition coefficient (Wildman–Crippen LogP) is 3.09. The van der Waals surface area contributed by atoms with Crippen molar-refractivity contribution in [2.75, 3.05) is 6.61 Å². The van der Waals surface area contributed by atoms with Crippen LogP contribution < -0.4 is 0 Å². The zero-order valence-corrected chi connectivity index (χ0v) is 9.09. The van der Waals surface area contributed by atoms with Crippen molar-refractivity contribution in [3.63, 3.8) is 0 Å². The van der Waals surface area contributed by atoms with Crippen LogP contribution in [0.5, 0.6) is 0 Å². The highest BCUT2D eigenvalue weighted by atomic mass is 16.6. The van der Waals surface area contributed by atoms with Crippen LogP contribution in [0.1, 0.15) is 58.8 Å². The highest BCUT2D eigenvalue weighted by Gasteiger charge is 2.02. The van der Waals surface area contributed by atoms with Gasteiger partial charge >= 0.3 is 0 Å². The number of rotatable bonds is 9. The van der Waals surface area contributed by atoms with Gasteiger partial charge in [-0.2, -0.15) is 0 Å². The molecule has 0 aliphatic carbocycles. The summed E-state index contributed by atoms with van der Waals surface area (Å²) in [4.78, 5) is 0. The van der Waals surface area contributed by atoms with Gasteiger partial charge < -0.3 is 9.84 Å². The van der Waals surface area contributed by atoms with Gasteiger partial charge in [-0.15, -0.1) is 0 Å². The van der Waals surface area contributed by atoms with Crippen LogP contribution in [0, 0.1) is 0 Å². The average Bonchev–Trinajstić information content (AvgIpc) is 2.13. The third-order valence-corrected chi connectivity index (χ3v) is 2.11. The minimum Gasteiger partial charge on any atom is -0.368 e. The second kappa shape index (κ2) is 10.0. The molecule has 0 heterocycles. The first kappa shape index (κ1) is 12.9. The first-order chi connectivity index (χ1) is 6.31. The van der Waals surface area contributed by atoms with Crippen molar-refractivity contribution in [3.05, 3.63) is 0 Å². The number of hydrogen-bond donors (Lipinski definition) is 1. The summed E-state index contributed by atoms with van der Waals surface area (Å²) in [5, 5.41) is 9.35. The summed E-state index contributed by atoms with van der Waals surface area (Å²) < 4.78 is 5.22. The maximum Gasteiger partial charge on any atom is 0.154 e. The molecule has 0 aromatic carbocycles. The van der Waals surface area contributed by atoms with Gasteiger partial charge in [0.1, 0.15) is 0 Å². The Labute approximate surface area is 82.3 Å². The molecule has 0 aliphatic heterocycles. The van der Waals surface area contributed by atoms with E-state index in [0.717, 1.165) is 25.7 Å². The molecule has 0 saturated carbocycles. The fraction of sp³-hybridized carbons (Fsp3) is 1.00. The maximum atomic E-state index is 9.35. The SMILES string of the molecule is CCCCCCC(O)OCCCC. The first-order valence-electron chi connectivity index (χ1n) is 5.61. The van der Waals surface area contributed by atoms with Gasteiger partial charge in [0.05, 0.1) is 0 Å². The van der Waals surface area contributed by atoms with Crippen molar-refractivity contribution in [1.82, 2.24) is 0 Å². The number of hydrogen-bond acceptors (Lipinski definition) is 2. The van der Waals surface area contributed by atoms with Gasteiger partial charge in [-0.05, 0) is 19.3 Å². The first-order valence-corrected chi connectivity index (χ1v) is 5.61. The summed E-state index contributed by atoms with van der Waals surface area (Å²) in [5.74, 6) is 0. The van der Waals surface area contributed by atoms with Crippen LogP contribution in [0.15, 0.2) is 0 Å². The van der Waals surface area contributed by atoms with Gasteiger partial charge in [0, 0.05) is 6.61 Å². The van der Waals surface area contributed by atoms with E-state index < -0.39 is 6.29 Å². The molecule has 1 atom stereocenters. The van der Waals surface area contributed by atoms with E-state index in [9.17, 15) is 5.11 Å². The molecule has 2 heteroatoms. The lowest BCUT2D eigenvalue weighted by Gasteiger charge is -2.10. The van der Waals surface area contributed by atoms with Crippen LogP contribution in [0.25, 0.3) is 0 Å². The van der Waals surface area contributed by atoms with E-state index in [4.69, 9.17) is 4.74 Å². The fourth-order valence-electron chi connectivity index (χ4n) is 1.19. The quantitative estimate of drug-likeness (QED) is 0.445. The van der Waals surface area contributed by atoms with Crippen molar-refractivity contribution in [2.24, 2.45) is 0 Å². The van der Waals surface area contributed by atoms with E-state index in [2.05, 4.69) is 13.8 Å². The lowest BCUT2D eigenvalue weighted by Crippen LogP contribution is -2.12. The van der Waals surface area contributed by atoms with Gasteiger partial charge in [-0.3, -0.25) is 0 Å². The molecular weight excluding hydrogens is 164 g/mol. The molecule has 0 aliphatic rings. The van der Waals surface area contributed by atoms with E-state index >= 15 is 0 Å². The van der Waals surface area contributed by atoms with Crippen molar-refractivity contribution in [3.8, 4) is 0 Å². The van der Waals surface area contributed by atoms with Crippen LogP contribution in [-0.2, 0) is 4.74 Å². The molecule has 1 N–H and O–H groups in total. The Kier molecular flexibility index (Phi) is 9.94. The molecule has 13 heavy (non-hydrogen) atoms. The van der Waals surface area contributed by atoms with Gasteiger partial charge in [-0.1, -0.05) is 39.5 Å². The molecule has 1 unspecified atom stereocenters. The van der Waals surface area contributed by atoms with Gasteiger partial charge in [0.15, 0.2) is 6.29 Å². The Morgan fingerprint density at radius 1 is 1.00 bits per heavy atom. The average molecular weight is 188 g/mol. The van der Waals surface area contributed by atoms with Crippen LogP contribution in [0.4, 0.5) is 0 Å². The Hall–Kier alpha value is -0.0800. The van der Waals surface area contributed by atoms with Gasteiger partial charge in [0.25, 0.3) is 0 Å². The van der Waals surface area contributed by atoms with Crippen molar-refractivity contribution < 1.29 is 9.84 Å². The number of ether oxygens (including phenoxy) is 1. The summed E-state index contributed by atoms with van der Waals surface area (Å²) in [6.07, 6.45) is 7.25. The van der Waals surface area contributed by atoms with E-state index in [0.29, 0.717) is 6.61 Å². The smallest absolute Gasteiger partial charge is 0.154 e. The lowest BCUT2D eigenvalue weighted by atomic mass is 10.1. The highest BCUT2D eigenvalue weighted by Crippen LogP contribution is 2.06. The summed E-state index contributed by atoms with van der Waals surface area (Å²) in [7, 11) is 0. The largest absolute Gasteiger partial charge is 0.368 e. The number of unbranched alkanes of at least 4 members (excludes halogenated alkanes) is 4. The van der Waals surface area contributed by atoms with Gasteiger partial charge in [-0.25, -0.2) is 0 Å². The normalized spacial score (nSPS) is 13.2. The Bertz CT molecular complexity index is 94.1. The topological polar surface area (TPSA) is 29.5 Å². The molecule has 0 rings (SSSR count). The summed E-state index contributed by atoms with van der Waals surface area (Å²) in [5.41, 5.74) is 0. The second-order valence-electron chi connectivity index (χ2n) is 3.53. The summed E-state index contributed by atoms with van der Waals surface area (Å²) in [6, 6.07) is 0. The molecule has 80 valence electrons. The molecular formula is C11H24O2. The standard InChI is InChI=1S/C11H24O2/c1-3-5-7-8-9-11(12)13-10-6-4-2/h11-12H,3-10H2,1-2H3. The molecule has 0 aromatic rings. The van der Waals surface area contributed by atoms with Crippen molar-refractivity contribution in [1.29, 1.82) is 0 Å². The Balaban J connectivity index is 3.05. The van der Waals surface area contributed by atoms with E-state index in [-0.39, 0.29) is 0 Å².